The van der Waals surface area contributed by atoms with Crippen LogP contribution in [0.25, 0.3) is 0 Å². The van der Waals surface area contributed by atoms with E-state index in [-0.39, 0.29) is 33.6 Å². The average Bonchev–Trinajstić information content (AvgIpc) is 2.86. The minimum Gasteiger partial charge on any atom is -0.481 e. The molecule has 0 aliphatic carbocycles. The van der Waals surface area contributed by atoms with Crippen molar-refractivity contribution in [3.8, 4) is 6.07 Å². The van der Waals surface area contributed by atoms with Gasteiger partial charge in [-0.2, -0.15) is 5.26 Å². The summed E-state index contributed by atoms with van der Waals surface area (Å²) in [5.74, 6) is -2.63. The summed E-state index contributed by atoms with van der Waals surface area (Å²) in [6, 6.07) is 18.1. The van der Waals surface area contributed by atoms with Crippen LogP contribution in [0, 0.1) is 11.3 Å². The Morgan fingerprint density at radius 1 is 0.722 bits per heavy atom. The minimum atomic E-state index is -1.24. The van der Waals surface area contributed by atoms with E-state index in [0.717, 1.165) is 6.07 Å². The van der Waals surface area contributed by atoms with Crippen molar-refractivity contribution in [2.24, 2.45) is 0 Å². The number of nitrogens with zero attached hydrogens (tertiary/aromatic N) is 1. The highest BCUT2D eigenvalue weighted by atomic mass is 16.4. The molecule has 6 amide bonds. The van der Waals surface area contributed by atoms with Crippen LogP contribution in [0.4, 0.5) is 21.0 Å². The molecule has 0 aliphatic heterocycles. The Hall–Kier alpha value is -5.50. The Balaban J connectivity index is 1.81. The Kier molecular flexibility index (Phi) is 8.08. The SMILES string of the molecule is N#Cc1cc(CC(=O)O)c(NC(=O)NC(=O)c2ccccc2)cc1NC(=O)NC(=O)c1ccccc1. The number of rotatable bonds is 6. The Bertz CT molecular complexity index is 1370. The van der Waals surface area contributed by atoms with Crippen LogP contribution in [0.5, 0.6) is 0 Å². The van der Waals surface area contributed by atoms with Crippen molar-refractivity contribution in [3.63, 3.8) is 0 Å². The minimum absolute atomic E-state index is 0.0488. The number of urea groups is 2. The van der Waals surface area contributed by atoms with Crippen LogP contribution in [-0.4, -0.2) is 35.0 Å². The molecule has 0 aromatic heterocycles. The lowest BCUT2D eigenvalue weighted by Crippen LogP contribution is -2.35. The zero-order valence-corrected chi connectivity index (χ0v) is 18.6. The fraction of sp³-hybridized carbons (Fsp3) is 0.0400. The lowest BCUT2D eigenvalue weighted by molar-refractivity contribution is -0.136. The van der Waals surface area contributed by atoms with Crippen molar-refractivity contribution in [2.45, 2.75) is 6.42 Å². The molecule has 0 spiro atoms. The molecule has 0 unspecified atom stereocenters. The molecule has 180 valence electrons. The van der Waals surface area contributed by atoms with Gasteiger partial charge in [0.25, 0.3) is 11.8 Å². The van der Waals surface area contributed by atoms with E-state index in [1.807, 2.05) is 6.07 Å². The lowest BCUT2D eigenvalue weighted by Gasteiger charge is -2.15. The molecule has 0 atom stereocenters. The van der Waals surface area contributed by atoms with Crippen LogP contribution in [0.15, 0.2) is 72.8 Å². The number of amides is 6. The molecule has 0 aliphatic rings. The number of carboxylic acids is 1. The molecular weight excluding hydrogens is 466 g/mol. The maximum Gasteiger partial charge on any atom is 0.326 e. The van der Waals surface area contributed by atoms with Gasteiger partial charge >= 0.3 is 18.0 Å². The van der Waals surface area contributed by atoms with E-state index in [0.29, 0.717) is 0 Å². The second-order valence-corrected chi connectivity index (χ2v) is 7.29. The van der Waals surface area contributed by atoms with E-state index >= 15 is 0 Å². The van der Waals surface area contributed by atoms with Crippen LogP contribution in [0.3, 0.4) is 0 Å². The van der Waals surface area contributed by atoms with Crippen molar-refractivity contribution in [1.29, 1.82) is 5.26 Å². The number of benzene rings is 3. The van der Waals surface area contributed by atoms with Gasteiger partial charge in [0.1, 0.15) is 6.07 Å². The van der Waals surface area contributed by atoms with Crippen LogP contribution in [-0.2, 0) is 11.2 Å². The number of anilines is 2. The maximum atomic E-state index is 12.4. The van der Waals surface area contributed by atoms with Crippen LogP contribution in [0.1, 0.15) is 31.8 Å². The highest BCUT2D eigenvalue weighted by molar-refractivity contribution is 6.10. The van der Waals surface area contributed by atoms with Crippen molar-refractivity contribution in [3.05, 3.63) is 95.1 Å². The van der Waals surface area contributed by atoms with Gasteiger partial charge in [0.2, 0.25) is 0 Å². The zero-order chi connectivity index (χ0) is 26.1. The summed E-state index contributed by atoms with van der Waals surface area (Å²) in [7, 11) is 0. The van der Waals surface area contributed by atoms with E-state index in [4.69, 9.17) is 0 Å². The van der Waals surface area contributed by atoms with E-state index < -0.39 is 36.3 Å². The number of nitrogens with one attached hydrogen (secondary N) is 4. The summed E-state index contributed by atoms with van der Waals surface area (Å²) in [6.45, 7) is 0. The molecule has 0 heterocycles. The topological polar surface area (TPSA) is 177 Å². The quantitative estimate of drug-likeness (QED) is 0.356. The molecule has 0 fully saturated rings. The first-order chi connectivity index (χ1) is 17.3. The van der Waals surface area contributed by atoms with Gasteiger partial charge in [-0.3, -0.25) is 25.0 Å². The zero-order valence-electron chi connectivity index (χ0n) is 18.6. The number of hydrogen-bond donors (Lipinski definition) is 5. The molecule has 0 saturated heterocycles. The fourth-order valence-electron chi connectivity index (χ4n) is 3.10. The van der Waals surface area contributed by atoms with Gasteiger partial charge < -0.3 is 15.7 Å². The number of aliphatic carboxylic acids is 1. The van der Waals surface area contributed by atoms with Crippen molar-refractivity contribution >= 4 is 41.2 Å². The third-order valence-corrected chi connectivity index (χ3v) is 4.73. The van der Waals surface area contributed by atoms with Crippen LogP contribution < -0.4 is 21.3 Å². The molecule has 11 nitrogen and oxygen atoms in total. The molecule has 11 heteroatoms. The summed E-state index contributed by atoms with van der Waals surface area (Å²) >= 11 is 0. The first-order valence-corrected chi connectivity index (χ1v) is 10.4. The number of carbonyl (C=O) groups excluding carboxylic acids is 4. The third kappa shape index (κ3) is 6.75. The maximum absolute atomic E-state index is 12.4. The second-order valence-electron chi connectivity index (χ2n) is 7.29. The van der Waals surface area contributed by atoms with Gasteiger partial charge in [0.05, 0.1) is 17.7 Å². The third-order valence-electron chi connectivity index (χ3n) is 4.73. The number of carbonyl (C=O) groups is 5. The largest absolute Gasteiger partial charge is 0.481 e. The summed E-state index contributed by atoms with van der Waals surface area (Å²) in [4.78, 5) is 60.5. The smallest absolute Gasteiger partial charge is 0.326 e. The first-order valence-electron chi connectivity index (χ1n) is 10.4. The van der Waals surface area contributed by atoms with E-state index in [9.17, 15) is 34.3 Å². The molecule has 0 saturated carbocycles. The Morgan fingerprint density at radius 2 is 1.19 bits per heavy atom. The number of nitriles is 1. The fourth-order valence-corrected chi connectivity index (χ4v) is 3.10. The molecule has 3 aromatic carbocycles. The highest BCUT2D eigenvalue weighted by Crippen LogP contribution is 2.26. The predicted molar refractivity (Wildman–Crippen MR) is 128 cm³/mol. The van der Waals surface area contributed by atoms with Gasteiger partial charge in [-0.25, -0.2) is 9.59 Å². The van der Waals surface area contributed by atoms with Gasteiger partial charge in [0.15, 0.2) is 0 Å². The average molecular weight is 485 g/mol. The summed E-state index contributed by atoms with van der Waals surface area (Å²) in [5.41, 5.74) is 0.217. The van der Waals surface area contributed by atoms with E-state index in [2.05, 4.69) is 21.3 Å². The van der Waals surface area contributed by atoms with Crippen LogP contribution >= 0.6 is 0 Å². The number of hydrogen-bond acceptors (Lipinski definition) is 6. The molecule has 3 aromatic rings. The highest BCUT2D eigenvalue weighted by Gasteiger charge is 2.18. The summed E-state index contributed by atoms with van der Waals surface area (Å²) < 4.78 is 0. The molecular formula is C25H19N5O6. The predicted octanol–water partition coefficient (Wildman–Crippen LogP) is 3.11. The van der Waals surface area contributed by atoms with E-state index in [1.54, 1.807) is 36.4 Å². The van der Waals surface area contributed by atoms with Crippen LogP contribution in [0.2, 0.25) is 0 Å². The first kappa shape index (κ1) is 25.1. The lowest BCUT2D eigenvalue weighted by atomic mass is 10.0. The normalized spacial score (nSPS) is 9.86. The number of carboxylic acid groups (broad SMARTS) is 1. The number of imide groups is 2. The summed E-state index contributed by atoms with van der Waals surface area (Å²) in [5, 5.41) is 27.6. The molecule has 36 heavy (non-hydrogen) atoms. The van der Waals surface area contributed by atoms with E-state index in [1.165, 1.54) is 30.3 Å². The van der Waals surface area contributed by atoms with Gasteiger partial charge in [-0.15, -0.1) is 0 Å². The standard InChI is InChI=1S/C25H19N5O6/c26-14-18-11-17(12-21(31)32)19(27-24(35)29-22(33)15-7-3-1-4-8-15)13-20(18)28-25(36)30-23(34)16-9-5-2-6-10-16/h1-11,13H,12H2,(H,31,32)(H2,27,29,33,35)(H2,28,30,34,36). The van der Waals surface area contributed by atoms with Crippen molar-refractivity contribution in [2.75, 3.05) is 10.6 Å². The second kappa shape index (κ2) is 11.6. The monoisotopic (exact) mass is 485 g/mol. The molecule has 0 radical (unpaired) electrons. The van der Waals surface area contributed by atoms with Gasteiger partial charge in [0, 0.05) is 16.8 Å². The van der Waals surface area contributed by atoms with Gasteiger partial charge in [-0.05, 0) is 42.0 Å². The Morgan fingerprint density at radius 3 is 1.64 bits per heavy atom. The summed E-state index contributed by atoms with van der Waals surface area (Å²) in [6.07, 6.45) is -0.560. The van der Waals surface area contributed by atoms with Crippen molar-refractivity contribution < 1.29 is 29.1 Å². The molecule has 5 N–H and O–H groups in total. The van der Waals surface area contributed by atoms with Gasteiger partial charge in [-0.1, -0.05) is 36.4 Å². The molecule has 3 rings (SSSR count). The Labute approximate surface area is 204 Å². The van der Waals surface area contributed by atoms with Crippen molar-refractivity contribution in [1.82, 2.24) is 10.6 Å². The molecule has 0 bridgehead atoms.